The molecule has 2 heterocycles. The van der Waals surface area contributed by atoms with Crippen LogP contribution in [0.5, 0.6) is 0 Å². The molecule has 1 aliphatic heterocycles. The summed E-state index contributed by atoms with van der Waals surface area (Å²) < 4.78 is 5.65. The fourth-order valence-electron chi connectivity index (χ4n) is 4.35. The molecule has 1 aliphatic rings. The highest BCUT2D eigenvalue weighted by molar-refractivity contribution is 6.51. The Morgan fingerprint density at radius 1 is 0.938 bits per heavy atom. The lowest BCUT2D eigenvalue weighted by molar-refractivity contribution is -0.132. The Morgan fingerprint density at radius 3 is 2.50 bits per heavy atom. The summed E-state index contributed by atoms with van der Waals surface area (Å²) in [5, 5.41) is 13.1. The predicted molar refractivity (Wildman–Crippen MR) is 123 cm³/mol. The highest BCUT2D eigenvalue weighted by Gasteiger charge is 2.48. The van der Waals surface area contributed by atoms with Gasteiger partial charge in [0.2, 0.25) is 0 Å². The van der Waals surface area contributed by atoms with E-state index in [1.807, 2.05) is 68.4 Å². The number of aryl methyl sites for hydroxylation is 2. The normalized spacial score (nSPS) is 17.9. The van der Waals surface area contributed by atoms with E-state index in [-0.39, 0.29) is 11.3 Å². The van der Waals surface area contributed by atoms with Gasteiger partial charge >= 0.3 is 0 Å². The molecule has 1 unspecified atom stereocenters. The Morgan fingerprint density at radius 2 is 1.72 bits per heavy atom. The minimum atomic E-state index is -0.871. The minimum Gasteiger partial charge on any atom is -0.507 e. The standard InChI is InChI=1S/C27H21NO4/c1-16-12-13-17(2)21(15-16)28-24(22-11-6-14-32-22)23(26(30)27(28)31)25(29)20-10-5-8-18-7-3-4-9-19(18)20/h3-15,24,29H,1-2H3/b25-23-. The van der Waals surface area contributed by atoms with Crippen LogP contribution in [-0.2, 0) is 9.59 Å². The SMILES string of the molecule is Cc1ccc(C)c(N2C(=O)C(=O)/C(=C(\O)c3cccc4ccccc34)C2c2ccco2)c1. The monoisotopic (exact) mass is 423 g/mol. The first kappa shape index (κ1) is 19.8. The third kappa shape index (κ3) is 3.02. The van der Waals surface area contributed by atoms with Crippen LogP contribution >= 0.6 is 0 Å². The first-order valence-electron chi connectivity index (χ1n) is 10.4. The van der Waals surface area contributed by atoms with E-state index in [9.17, 15) is 14.7 Å². The van der Waals surface area contributed by atoms with Gasteiger partial charge in [-0.25, -0.2) is 0 Å². The summed E-state index contributed by atoms with van der Waals surface area (Å²) in [7, 11) is 0. The lowest BCUT2D eigenvalue weighted by Gasteiger charge is -2.25. The van der Waals surface area contributed by atoms with Crippen molar-refractivity contribution >= 4 is 33.9 Å². The molecule has 158 valence electrons. The van der Waals surface area contributed by atoms with Crippen molar-refractivity contribution in [1.29, 1.82) is 0 Å². The van der Waals surface area contributed by atoms with E-state index in [4.69, 9.17) is 4.42 Å². The van der Waals surface area contributed by atoms with Gasteiger partial charge in [-0.05, 0) is 53.9 Å². The second-order valence-corrected chi connectivity index (χ2v) is 8.00. The fourth-order valence-corrected chi connectivity index (χ4v) is 4.35. The third-order valence-corrected chi connectivity index (χ3v) is 5.93. The topological polar surface area (TPSA) is 70.8 Å². The highest BCUT2D eigenvalue weighted by atomic mass is 16.3. The van der Waals surface area contributed by atoms with Crippen LogP contribution in [0.3, 0.4) is 0 Å². The van der Waals surface area contributed by atoms with Crippen LogP contribution in [0.1, 0.15) is 28.5 Å². The molecule has 1 fully saturated rings. The van der Waals surface area contributed by atoms with Gasteiger partial charge in [0.1, 0.15) is 17.6 Å². The van der Waals surface area contributed by atoms with Crippen molar-refractivity contribution in [3.8, 4) is 0 Å². The van der Waals surface area contributed by atoms with E-state index in [1.165, 1.54) is 11.2 Å². The van der Waals surface area contributed by atoms with Gasteiger partial charge in [0.05, 0.1) is 11.8 Å². The first-order chi connectivity index (χ1) is 15.5. The molecule has 5 heteroatoms. The van der Waals surface area contributed by atoms with E-state index in [0.717, 1.165) is 21.9 Å². The average molecular weight is 423 g/mol. The smallest absolute Gasteiger partial charge is 0.300 e. The van der Waals surface area contributed by atoms with Crippen molar-refractivity contribution < 1.29 is 19.1 Å². The molecule has 0 spiro atoms. The number of Topliss-reactive ketones (excluding diaryl/α,β-unsaturated/α-hetero) is 1. The summed E-state index contributed by atoms with van der Waals surface area (Å²) in [6.45, 7) is 3.82. The summed E-state index contributed by atoms with van der Waals surface area (Å²) in [4.78, 5) is 28.0. The van der Waals surface area contributed by atoms with E-state index in [2.05, 4.69) is 0 Å². The average Bonchev–Trinajstić information content (AvgIpc) is 3.42. The molecule has 1 saturated heterocycles. The van der Waals surface area contributed by atoms with Crippen LogP contribution < -0.4 is 4.90 Å². The summed E-state index contributed by atoms with van der Waals surface area (Å²) in [6, 6.07) is 21.4. The van der Waals surface area contributed by atoms with Gasteiger partial charge in [0.25, 0.3) is 11.7 Å². The number of rotatable bonds is 3. The van der Waals surface area contributed by atoms with Gasteiger partial charge in [0.15, 0.2) is 0 Å². The Balaban J connectivity index is 1.78. The molecule has 5 nitrogen and oxygen atoms in total. The molecule has 1 amide bonds. The molecule has 1 atom stereocenters. The van der Waals surface area contributed by atoms with Gasteiger partial charge in [0, 0.05) is 11.3 Å². The molecular weight excluding hydrogens is 402 g/mol. The number of furan rings is 1. The number of aliphatic hydroxyl groups excluding tert-OH is 1. The molecule has 1 aromatic heterocycles. The Labute approximate surface area is 185 Å². The zero-order valence-electron chi connectivity index (χ0n) is 17.7. The number of carbonyl (C=O) groups excluding carboxylic acids is 2. The molecule has 0 saturated carbocycles. The Kier molecular flexibility index (Phi) is 4.67. The Hall–Kier alpha value is -4.12. The molecule has 0 bridgehead atoms. The van der Waals surface area contributed by atoms with Crippen molar-refractivity contribution in [3.05, 3.63) is 107 Å². The number of hydrogen-bond donors (Lipinski definition) is 1. The van der Waals surface area contributed by atoms with E-state index >= 15 is 0 Å². The van der Waals surface area contributed by atoms with E-state index in [0.29, 0.717) is 17.0 Å². The second-order valence-electron chi connectivity index (χ2n) is 8.00. The van der Waals surface area contributed by atoms with Crippen LogP contribution in [0.25, 0.3) is 16.5 Å². The molecule has 1 N–H and O–H groups in total. The van der Waals surface area contributed by atoms with Gasteiger partial charge in [-0.2, -0.15) is 0 Å². The molecule has 3 aromatic carbocycles. The largest absolute Gasteiger partial charge is 0.507 e. The van der Waals surface area contributed by atoms with Crippen molar-refractivity contribution in [3.63, 3.8) is 0 Å². The molecule has 0 radical (unpaired) electrons. The number of benzene rings is 3. The number of carbonyl (C=O) groups is 2. The van der Waals surface area contributed by atoms with E-state index in [1.54, 1.807) is 18.2 Å². The van der Waals surface area contributed by atoms with E-state index < -0.39 is 17.7 Å². The number of nitrogens with zero attached hydrogens (tertiary/aromatic N) is 1. The van der Waals surface area contributed by atoms with Crippen molar-refractivity contribution in [2.24, 2.45) is 0 Å². The Bertz CT molecular complexity index is 1390. The number of amides is 1. The maximum atomic E-state index is 13.3. The molecular formula is C27H21NO4. The van der Waals surface area contributed by atoms with Crippen molar-refractivity contribution in [1.82, 2.24) is 0 Å². The fraction of sp³-hybridized carbons (Fsp3) is 0.111. The van der Waals surface area contributed by atoms with Gasteiger partial charge in [-0.1, -0.05) is 54.6 Å². The number of anilines is 1. The minimum absolute atomic E-state index is 0.0159. The van der Waals surface area contributed by atoms with Crippen LogP contribution in [-0.4, -0.2) is 16.8 Å². The zero-order chi connectivity index (χ0) is 22.4. The summed E-state index contributed by atoms with van der Waals surface area (Å²) in [5.74, 6) is -1.24. The van der Waals surface area contributed by atoms with Gasteiger partial charge < -0.3 is 9.52 Å². The maximum absolute atomic E-state index is 13.3. The molecule has 0 aliphatic carbocycles. The lowest BCUT2D eigenvalue weighted by Crippen LogP contribution is -2.30. The van der Waals surface area contributed by atoms with Crippen LogP contribution in [0.2, 0.25) is 0 Å². The summed E-state index contributed by atoms with van der Waals surface area (Å²) in [5.41, 5.74) is 2.94. The summed E-state index contributed by atoms with van der Waals surface area (Å²) in [6.07, 6.45) is 1.50. The number of hydrogen-bond acceptors (Lipinski definition) is 4. The predicted octanol–water partition coefficient (Wildman–Crippen LogP) is 5.68. The zero-order valence-corrected chi connectivity index (χ0v) is 17.7. The molecule has 32 heavy (non-hydrogen) atoms. The summed E-state index contributed by atoms with van der Waals surface area (Å²) >= 11 is 0. The van der Waals surface area contributed by atoms with Crippen molar-refractivity contribution in [2.75, 3.05) is 4.90 Å². The number of ketones is 1. The van der Waals surface area contributed by atoms with Gasteiger partial charge in [-0.3, -0.25) is 14.5 Å². The maximum Gasteiger partial charge on any atom is 0.300 e. The van der Waals surface area contributed by atoms with Crippen LogP contribution in [0.15, 0.2) is 89.0 Å². The first-order valence-corrected chi connectivity index (χ1v) is 10.4. The van der Waals surface area contributed by atoms with Crippen LogP contribution in [0, 0.1) is 13.8 Å². The van der Waals surface area contributed by atoms with Crippen molar-refractivity contribution in [2.45, 2.75) is 19.9 Å². The highest BCUT2D eigenvalue weighted by Crippen LogP contribution is 2.44. The van der Waals surface area contributed by atoms with Gasteiger partial charge in [-0.15, -0.1) is 0 Å². The lowest BCUT2D eigenvalue weighted by atomic mass is 9.95. The molecule has 5 rings (SSSR count). The van der Waals surface area contributed by atoms with Crippen LogP contribution in [0.4, 0.5) is 5.69 Å². The number of aliphatic hydroxyl groups is 1. The third-order valence-electron chi connectivity index (χ3n) is 5.93. The molecule has 4 aromatic rings. The number of fused-ring (bicyclic) bond motifs is 1. The second kappa shape index (κ2) is 7.54. The quantitative estimate of drug-likeness (QED) is 0.262.